The number of rotatable bonds is 4. The minimum Gasteiger partial charge on any atom is -0.449 e. The van der Waals surface area contributed by atoms with E-state index < -0.39 is 12.1 Å². The van der Waals surface area contributed by atoms with Crippen LogP contribution in [0.3, 0.4) is 0 Å². The molecule has 132 valence electrons. The predicted molar refractivity (Wildman–Crippen MR) is 98.9 cm³/mol. The molecule has 1 aromatic carbocycles. The second-order valence-corrected chi connectivity index (χ2v) is 7.99. The Bertz CT molecular complexity index is 796. The fourth-order valence-electron chi connectivity index (χ4n) is 3.30. The van der Waals surface area contributed by atoms with Gasteiger partial charge in [0.2, 0.25) is 0 Å². The summed E-state index contributed by atoms with van der Waals surface area (Å²) in [5.41, 5.74) is 3.00. The molecule has 1 aliphatic rings. The second-order valence-electron chi connectivity index (χ2n) is 6.53. The second kappa shape index (κ2) is 7.40. The summed E-state index contributed by atoms with van der Waals surface area (Å²) in [7, 11) is 0. The van der Waals surface area contributed by atoms with Crippen molar-refractivity contribution in [2.75, 3.05) is 0 Å². The first-order chi connectivity index (χ1) is 12.0. The smallest absolute Gasteiger partial charge is 0.340 e. The van der Waals surface area contributed by atoms with Crippen LogP contribution in [0.25, 0.3) is 0 Å². The average molecular weight is 357 g/mol. The van der Waals surface area contributed by atoms with E-state index in [2.05, 4.69) is 17.4 Å². The number of esters is 1. The summed E-state index contributed by atoms with van der Waals surface area (Å²) >= 11 is 1.55. The van der Waals surface area contributed by atoms with E-state index in [4.69, 9.17) is 4.74 Å². The van der Waals surface area contributed by atoms with Crippen LogP contribution in [0.4, 0.5) is 0 Å². The first kappa shape index (κ1) is 17.7. The number of fused-ring (bicyclic) bond motifs is 1. The lowest BCUT2D eigenvalue weighted by Crippen LogP contribution is -2.39. The largest absolute Gasteiger partial charge is 0.449 e. The molecular formula is C20H23NO3S. The number of ether oxygens (including phenoxy) is 1. The Hall–Kier alpha value is -2.14. The Kier molecular flexibility index (Phi) is 5.23. The van der Waals surface area contributed by atoms with Crippen LogP contribution < -0.4 is 5.32 Å². The van der Waals surface area contributed by atoms with Crippen molar-refractivity contribution in [3.8, 4) is 0 Å². The first-order valence-corrected chi connectivity index (χ1v) is 9.43. The Morgan fingerprint density at radius 3 is 2.76 bits per heavy atom. The highest BCUT2D eigenvalue weighted by Crippen LogP contribution is 2.29. The molecule has 1 aliphatic carbocycles. The molecule has 25 heavy (non-hydrogen) atoms. The van der Waals surface area contributed by atoms with Crippen molar-refractivity contribution in [2.24, 2.45) is 0 Å². The molecule has 0 bridgehead atoms. The van der Waals surface area contributed by atoms with E-state index in [9.17, 15) is 9.59 Å². The monoisotopic (exact) mass is 357 g/mol. The first-order valence-electron chi connectivity index (χ1n) is 8.62. The summed E-state index contributed by atoms with van der Waals surface area (Å²) in [6, 6.07) is 9.99. The minimum absolute atomic E-state index is 0.0104. The zero-order chi connectivity index (χ0) is 18.0. The van der Waals surface area contributed by atoms with Gasteiger partial charge in [-0.1, -0.05) is 24.3 Å². The molecule has 0 fully saturated rings. The lowest BCUT2D eigenvalue weighted by Gasteiger charge is -2.27. The average Bonchev–Trinajstić information content (AvgIpc) is 2.93. The van der Waals surface area contributed by atoms with Crippen LogP contribution in [-0.2, 0) is 16.0 Å². The van der Waals surface area contributed by atoms with E-state index in [1.165, 1.54) is 11.1 Å². The van der Waals surface area contributed by atoms with E-state index in [0.717, 1.165) is 29.0 Å². The zero-order valence-corrected chi connectivity index (χ0v) is 15.6. The molecule has 1 N–H and O–H groups in total. The lowest BCUT2D eigenvalue weighted by atomic mass is 9.87. The van der Waals surface area contributed by atoms with E-state index in [1.54, 1.807) is 18.3 Å². The number of carbonyl (C=O) groups is 2. The Labute approximate surface area is 152 Å². The van der Waals surface area contributed by atoms with Crippen LogP contribution in [-0.4, -0.2) is 18.0 Å². The fraction of sp³-hybridized carbons (Fsp3) is 0.400. The number of hydrogen-bond acceptors (Lipinski definition) is 4. The van der Waals surface area contributed by atoms with Crippen molar-refractivity contribution in [1.82, 2.24) is 5.32 Å². The van der Waals surface area contributed by atoms with Gasteiger partial charge in [0.1, 0.15) is 0 Å². The third-order valence-electron chi connectivity index (χ3n) is 4.60. The quantitative estimate of drug-likeness (QED) is 0.838. The summed E-state index contributed by atoms with van der Waals surface area (Å²) in [6.45, 7) is 5.46. The molecule has 1 heterocycles. The van der Waals surface area contributed by atoms with Crippen molar-refractivity contribution < 1.29 is 14.3 Å². The van der Waals surface area contributed by atoms with Crippen molar-refractivity contribution in [3.63, 3.8) is 0 Å². The third-order valence-corrected chi connectivity index (χ3v) is 5.57. The molecule has 3 rings (SSSR count). The summed E-state index contributed by atoms with van der Waals surface area (Å²) in [6.07, 6.45) is 2.18. The van der Waals surface area contributed by atoms with Crippen LogP contribution in [0.5, 0.6) is 0 Å². The molecule has 0 radical (unpaired) electrons. The van der Waals surface area contributed by atoms with E-state index in [1.807, 2.05) is 32.0 Å². The maximum absolute atomic E-state index is 12.5. The van der Waals surface area contributed by atoms with Gasteiger partial charge in [0, 0.05) is 9.75 Å². The van der Waals surface area contributed by atoms with Gasteiger partial charge in [-0.05, 0) is 57.2 Å². The predicted octanol–water partition coefficient (Wildman–Crippen LogP) is 4.10. The molecule has 0 saturated heterocycles. The standard InChI is InChI=1S/C20H23NO3S/c1-12-11-17(14(3)25-12)20(23)24-13(2)19(22)21-18-10-6-8-15-7-4-5-9-16(15)18/h4-5,7,9,11,13,18H,6,8,10H2,1-3H3,(H,21,22)/t13-,18+/m0/s1. The highest BCUT2D eigenvalue weighted by atomic mass is 32.1. The molecule has 0 saturated carbocycles. The molecule has 4 nitrogen and oxygen atoms in total. The number of thiophene rings is 1. The highest BCUT2D eigenvalue weighted by Gasteiger charge is 2.26. The number of benzene rings is 1. The lowest BCUT2D eigenvalue weighted by molar-refractivity contribution is -0.130. The molecule has 0 spiro atoms. The Morgan fingerprint density at radius 2 is 2.04 bits per heavy atom. The van der Waals surface area contributed by atoms with Crippen LogP contribution in [0, 0.1) is 13.8 Å². The van der Waals surface area contributed by atoms with Crippen molar-refractivity contribution in [3.05, 3.63) is 56.8 Å². The van der Waals surface area contributed by atoms with Crippen molar-refractivity contribution in [2.45, 2.75) is 52.2 Å². The maximum Gasteiger partial charge on any atom is 0.340 e. The van der Waals surface area contributed by atoms with E-state index >= 15 is 0 Å². The molecule has 5 heteroatoms. The fourth-order valence-corrected chi connectivity index (χ4v) is 4.22. The summed E-state index contributed by atoms with van der Waals surface area (Å²) in [5.74, 6) is -0.687. The van der Waals surface area contributed by atoms with Crippen LogP contribution in [0.2, 0.25) is 0 Å². The number of amides is 1. The number of hydrogen-bond donors (Lipinski definition) is 1. The van der Waals surface area contributed by atoms with Gasteiger partial charge in [-0.25, -0.2) is 4.79 Å². The molecule has 1 aromatic heterocycles. The Balaban J connectivity index is 1.64. The summed E-state index contributed by atoms with van der Waals surface area (Å²) < 4.78 is 5.38. The Morgan fingerprint density at radius 1 is 1.28 bits per heavy atom. The van der Waals surface area contributed by atoms with E-state index in [-0.39, 0.29) is 11.9 Å². The van der Waals surface area contributed by atoms with Crippen LogP contribution >= 0.6 is 11.3 Å². The highest BCUT2D eigenvalue weighted by molar-refractivity contribution is 7.12. The normalized spacial score (nSPS) is 17.5. The SMILES string of the molecule is Cc1cc(C(=O)O[C@@H](C)C(=O)N[C@@H]2CCCc3ccccc32)c(C)s1. The van der Waals surface area contributed by atoms with Crippen molar-refractivity contribution in [1.29, 1.82) is 0 Å². The summed E-state index contributed by atoms with van der Waals surface area (Å²) in [5, 5.41) is 3.04. The molecule has 1 amide bonds. The minimum atomic E-state index is -0.818. The summed E-state index contributed by atoms with van der Waals surface area (Å²) in [4.78, 5) is 26.8. The van der Waals surface area contributed by atoms with E-state index in [0.29, 0.717) is 5.56 Å². The van der Waals surface area contributed by atoms with Gasteiger partial charge in [-0.15, -0.1) is 11.3 Å². The zero-order valence-electron chi connectivity index (χ0n) is 14.8. The van der Waals surface area contributed by atoms with Gasteiger partial charge >= 0.3 is 5.97 Å². The molecule has 0 unspecified atom stereocenters. The van der Waals surface area contributed by atoms with Crippen LogP contribution in [0.1, 0.15) is 57.0 Å². The molecule has 2 atom stereocenters. The van der Waals surface area contributed by atoms with Gasteiger partial charge in [0.15, 0.2) is 6.10 Å². The number of carbonyl (C=O) groups excluding carboxylic acids is 2. The van der Waals surface area contributed by atoms with Gasteiger partial charge in [0.25, 0.3) is 5.91 Å². The molecule has 0 aliphatic heterocycles. The van der Waals surface area contributed by atoms with Gasteiger partial charge in [-0.2, -0.15) is 0 Å². The van der Waals surface area contributed by atoms with Gasteiger partial charge in [0.05, 0.1) is 11.6 Å². The maximum atomic E-state index is 12.5. The molecular weight excluding hydrogens is 334 g/mol. The molecule has 2 aromatic rings. The van der Waals surface area contributed by atoms with Crippen LogP contribution in [0.15, 0.2) is 30.3 Å². The van der Waals surface area contributed by atoms with Gasteiger partial charge in [-0.3, -0.25) is 4.79 Å². The topological polar surface area (TPSA) is 55.4 Å². The van der Waals surface area contributed by atoms with Crippen molar-refractivity contribution >= 4 is 23.2 Å². The van der Waals surface area contributed by atoms with Gasteiger partial charge < -0.3 is 10.1 Å². The third kappa shape index (κ3) is 3.93. The number of aryl methyl sites for hydroxylation is 3. The number of nitrogens with one attached hydrogen (secondary N) is 1.